The summed E-state index contributed by atoms with van der Waals surface area (Å²) < 4.78 is 0. The van der Waals surface area contributed by atoms with Gasteiger partial charge in [-0.25, -0.2) is 0 Å². The number of rotatable bonds is 3. The first-order valence-electron chi connectivity index (χ1n) is 5.13. The van der Waals surface area contributed by atoms with Crippen molar-refractivity contribution in [1.82, 2.24) is 5.32 Å². The lowest BCUT2D eigenvalue weighted by atomic mass is 10.1. The van der Waals surface area contributed by atoms with E-state index in [2.05, 4.69) is 12.2 Å². The van der Waals surface area contributed by atoms with E-state index in [1.165, 1.54) is 0 Å². The van der Waals surface area contributed by atoms with Gasteiger partial charge in [0.2, 0.25) is 0 Å². The molecule has 1 saturated carbocycles. The molecule has 1 aliphatic carbocycles. The van der Waals surface area contributed by atoms with Gasteiger partial charge >= 0.3 is 0 Å². The molecule has 0 aliphatic heterocycles. The van der Waals surface area contributed by atoms with Crippen molar-refractivity contribution in [2.24, 2.45) is 0 Å². The maximum Gasteiger partial charge on any atom is 0.251 e. The summed E-state index contributed by atoms with van der Waals surface area (Å²) in [6.45, 7) is 2.12. The lowest BCUT2D eigenvalue weighted by Crippen LogP contribution is -2.36. The fourth-order valence-corrected chi connectivity index (χ4v) is 1.62. The number of hydrogen-bond acceptors (Lipinski definition) is 1. The Morgan fingerprint density at radius 1 is 1.36 bits per heavy atom. The van der Waals surface area contributed by atoms with E-state index < -0.39 is 0 Å². The van der Waals surface area contributed by atoms with Gasteiger partial charge in [-0.1, -0.05) is 25.1 Å². The Labute approximate surface area is 84.3 Å². The zero-order valence-corrected chi connectivity index (χ0v) is 8.42. The molecular formula is C12H15NO. The van der Waals surface area contributed by atoms with Crippen LogP contribution in [0.25, 0.3) is 0 Å². The van der Waals surface area contributed by atoms with Crippen LogP contribution in [0.15, 0.2) is 30.3 Å². The van der Waals surface area contributed by atoms with Crippen LogP contribution in [0.4, 0.5) is 0 Å². The van der Waals surface area contributed by atoms with Crippen molar-refractivity contribution in [2.45, 2.75) is 31.7 Å². The highest BCUT2D eigenvalue weighted by Gasteiger charge is 2.41. The maximum absolute atomic E-state index is 11.7. The summed E-state index contributed by atoms with van der Waals surface area (Å²) in [6, 6.07) is 9.40. The van der Waals surface area contributed by atoms with Gasteiger partial charge in [-0.2, -0.15) is 0 Å². The fraction of sp³-hybridized carbons (Fsp3) is 0.417. The average Bonchev–Trinajstić information content (AvgIpc) is 3.00. The first kappa shape index (κ1) is 9.25. The van der Waals surface area contributed by atoms with Crippen LogP contribution in [0.5, 0.6) is 0 Å². The highest BCUT2D eigenvalue weighted by molar-refractivity contribution is 5.94. The molecule has 2 heteroatoms. The summed E-state index contributed by atoms with van der Waals surface area (Å²) in [7, 11) is 0. The minimum atomic E-state index is 0.0601. The standard InChI is InChI=1S/C12H15NO/c1-2-12(8-9-12)13-11(14)10-6-4-3-5-7-10/h3-7H,2,8-9H2,1H3,(H,13,14). The number of amides is 1. The highest BCUT2D eigenvalue weighted by Crippen LogP contribution is 2.38. The van der Waals surface area contributed by atoms with E-state index >= 15 is 0 Å². The molecule has 1 amide bonds. The first-order chi connectivity index (χ1) is 6.76. The third-order valence-corrected chi connectivity index (χ3v) is 2.95. The molecule has 0 unspecified atom stereocenters. The van der Waals surface area contributed by atoms with Gasteiger partial charge in [-0.3, -0.25) is 4.79 Å². The van der Waals surface area contributed by atoms with E-state index in [0.717, 1.165) is 24.8 Å². The van der Waals surface area contributed by atoms with Crippen LogP contribution in [-0.4, -0.2) is 11.4 Å². The van der Waals surface area contributed by atoms with Crippen LogP contribution < -0.4 is 5.32 Å². The van der Waals surface area contributed by atoms with Gasteiger partial charge in [0.25, 0.3) is 5.91 Å². The number of benzene rings is 1. The molecule has 1 aliphatic rings. The number of carbonyl (C=O) groups is 1. The summed E-state index contributed by atoms with van der Waals surface area (Å²) in [5.74, 6) is 0.0601. The van der Waals surface area contributed by atoms with E-state index in [0.29, 0.717) is 0 Å². The van der Waals surface area contributed by atoms with Crippen LogP contribution >= 0.6 is 0 Å². The smallest absolute Gasteiger partial charge is 0.251 e. The quantitative estimate of drug-likeness (QED) is 0.777. The lowest BCUT2D eigenvalue weighted by Gasteiger charge is -2.14. The van der Waals surface area contributed by atoms with Crippen molar-refractivity contribution in [3.05, 3.63) is 35.9 Å². The van der Waals surface area contributed by atoms with Gasteiger partial charge in [0.15, 0.2) is 0 Å². The van der Waals surface area contributed by atoms with Gasteiger partial charge in [0, 0.05) is 11.1 Å². The molecule has 0 saturated heterocycles. The minimum Gasteiger partial charge on any atom is -0.347 e. The van der Waals surface area contributed by atoms with Crippen molar-refractivity contribution in [2.75, 3.05) is 0 Å². The molecule has 1 fully saturated rings. The molecule has 0 bridgehead atoms. The van der Waals surface area contributed by atoms with E-state index in [1.807, 2.05) is 30.3 Å². The Morgan fingerprint density at radius 2 is 2.00 bits per heavy atom. The average molecular weight is 189 g/mol. The molecule has 0 heterocycles. The normalized spacial score (nSPS) is 17.5. The van der Waals surface area contributed by atoms with Gasteiger partial charge in [-0.05, 0) is 31.4 Å². The Balaban J connectivity index is 2.03. The van der Waals surface area contributed by atoms with Crippen LogP contribution in [0.2, 0.25) is 0 Å². The van der Waals surface area contributed by atoms with Crippen molar-refractivity contribution >= 4 is 5.91 Å². The Morgan fingerprint density at radius 3 is 2.50 bits per heavy atom. The summed E-state index contributed by atoms with van der Waals surface area (Å²) in [4.78, 5) is 11.7. The monoisotopic (exact) mass is 189 g/mol. The molecular weight excluding hydrogens is 174 g/mol. The van der Waals surface area contributed by atoms with Crippen LogP contribution in [0.1, 0.15) is 36.5 Å². The van der Waals surface area contributed by atoms with Gasteiger partial charge < -0.3 is 5.32 Å². The molecule has 0 spiro atoms. The topological polar surface area (TPSA) is 29.1 Å². The second kappa shape index (κ2) is 3.45. The lowest BCUT2D eigenvalue weighted by molar-refractivity contribution is 0.0930. The van der Waals surface area contributed by atoms with Gasteiger partial charge in [0.05, 0.1) is 0 Å². The van der Waals surface area contributed by atoms with E-state index in [4.69, 9.17) is 0 Å². The Kier molecular flexibility index (Phi) is 2.28. The maximum atomic E-state index is 11.7. The molecule has 1 aromatic carbocycles. The molecule has 0 radical (unpaired) electrons. The van der Waals surface area contributed by atoms with Crippen LogP contribution in [-0.2, 0) is 0 Å². The predicted octanol–water partition coefficient (Wildman–Crippen LogP) is 2.36. The third kappa shape index (κ3) is 1.79. The van der Waals surface area contributed by atoms with Crippen molar-refractivity contribution < 1.29 is 4.79 Å². The van der Waals surface area contributed by atoms with E-state index in [9.17, 15) is 4.79 Å². The molecule has 14 heavy (non-hydrogen) atoms. The highest BCUT2D eigenvalue weighted by atomic mass is 16.1. The fourth-order valence-electron chi connectivity index (χ4n) is 1.62. The first-order valence-corrected chi connectivity index (χ1v) is 5.13. The van der Waals surface area contributed by atoms with E-state index in [1.54, 1.807) is 0 Å². The molecule has 2 nitrogen and oxygen atoms in total. The Bertz CT molecular complexity index is 327. The summed E-state index contributed by atoms with van der Waals surface area (Å²) >= 11 is 0. The van der Waals surface area contributed by atoms with E-state index in [-0.39, 0.29) is 11.4 Å². The zero-order valence-electron chi connectivity index (χ0n) is 8.42. The third-order valence-electron chi connectivity index (χ3n) is 2.95. The largest absolute Gasteiger partial charge is 0.347 e. The second-order valence-corrected chi connectivity index (χ2v) is 3.95. The van der Waals surface area contributed by atoms with Crippen LogP contribution in [0, 0.1) is 0 Å². The zero-order chi connectivity index (χ0) is 10.0. The minimum absolute atomic E-state index is 0.0601. The second-order valence-electron chi connectivity index (χ2n) is 3.95. The Hall–Kier alpha value is -1.31. The van der Waals surface area contributed by atoms with Gasteiger partial charge in [0.1, 0.15) is 0 Å². The van der Waals surface area contributed by atoms with Gasteiger partial charge in [-0.15, -0.1) is 0 Å². The number of nitrogens with one attached hydrogen (secondary N) is 1. The number of hydrogen-bond donors (Lipinski definition) is 1. The molecule has 1 N–H and O–H groups in total. The van der Waals surface area contributed by atoms with Crippen LogP contribution in [0.3, 0.4) is 0 Å². The summed E-state index contributed by atoms with van der Waals surface area (Å²) in [6.07, 6.45) is 3.29. The molecule has 0 atom stereocenters. The van der Waals surface area contributed by atoms with Crippen molar-refractivity contribution in [3.8, 4) is 0 Å². The van der Waals surface area contributed by atoms with Crippen molar-refractivity contribution in [1.29, 1.82) is 0 Å². The molecule has 2 rings (SSSR count). The predicted molar refractivity (Wildman–Crippen MR) is 56.2 cm³/mol. The SMILES string of the molecule is CCC1(NC(=O)c2ccccc2)CC1. The summed E-state index contributed by atoms with van der Waals surface area (Å²) in [5.41, 5.74) is 0.875. The molecule has 1 aromatic rings. The van der Waals surface area contributed by atoms with Crippen molar-refractivity contribution in [3.63, 3.8) is 0 Å². The number of carbonyl (C=O) groups excluding carboxylic acids is 1. The summed E-state index contributed by atoms with van der Waals surface area (Å²) in [5, 5.41) is 3.09. The molecule has 74 valence electrons. The molecule has 0 aromatic heterocycles.